The van der Waals surface area contributed by atoms with E-state index in [1.807, 2.05) is 54.6 Å². The molecule has 0 amide bonds. The van der Waals surface area contributed by atoms with Crippen LogP contribution in [0.3, 0.4) is 0 Å². The number of benzene rings is 2. The molecule has 0 saturated heterocycles. The summed E-state index contributed by atoms with van der Waals surface area (Å²) in [6.07, 6.45) is 3.22. The summed E-state index contributed by atoms with van der Waals surface area (Å²) < 4.78 is 0. The summed E-state index contributed by atoms with van der Waals surface area (Å²) in [5.41, 5.74) is 9.34. The van der Waals surface area contributed by atoms with E-state index < -0.39 is 0 Å². The number of nitrogens with zero attached hydrogens (tertiary/aromatic N) is 3. The Morgan fingerprint density at radius 2 is 1.70 bits per heavy atom. The highest BCUT2D eigenvalue weighted by atomic mass is 35.5. The van der Waals surface area contributed by atoms with Crippen LogP contribution in [0.5, 0.6) is 0 Å². The molecule has 134 valence electrons. The minimum Gasteiger partial charge on any atom is -0.393 e. The molecule has 0 atom stereocenters. The lowest BCUT2D eigenvalue weighted by Gasteiger charge is -2.14. The van der Waals surface area contributed by atoms with Crippen molar-refractivity contribution in [1.29, 1.82) is 0 Å². The van der Waals surface area contributed by atoms with Crippen LogP contribution in [-0.4, -0.2) is 15.0 Å². The minimum atomic E-state index is 0.428. The third kappa shape index (κ3) is 3.61. The molecule has 0 saturated carbocycles. The molecular formula is C20H17ClN6. The van der Waals surface area contributed by atoms with Gasteiger partial charge < -0.3 is 16.4 Å². The molecule has 0 aliphatic rings. The van der Waals surface area contributed by atoms with Gasteiger partial charge in [0.25, 0.3) is 0 Å². The first-order chi connectivity index (χ1) is 13.2. The first-order valence-electron chi connectivity index (χ1n) is 8.41. The average molecular weight is 377 g/mol. The van der Waals surface area contributed by atoms with E-state index in [0.29, 0.717) is 28.9 Å². The Hall–Kier alpha value is -3.38. The van der Waals surface area contributed by atoms with Crippen molar-refractivity contribution in [2.75, 3.05) is 16.4 Å². The molecule has 6 nitrogen and oxygen atoms in total. The number of fused-ring (bicyclic) bond motifs is 1. The summed E-state index contributed by atoms with van der Waals surface area (Å²) in [7, 11) is 0. The second-order valence-corrected chi connectivity index (χ2v) is 6.34. The van der Waals surface area contributed by atoms with Crippen LogP contribution in [0, 0.1) is 0 Å². The van der Waals surface area contributed by atoms with Gasteiger partial charge in [0, 0.05) is 23.2 Å². The van der Waals surface area contributed by atoms with Gasteiger partial charge in [-0.3, -0.25) is 4.98 Å². The van der Waals surface area contributed by atoms with Gasteiger partial charge in [-0.25, -0.2) is 9.97 Å². The van der Waals surface area contributed by atoms with Crippen LogP contribution in [-0.2, 0) is 6.54 Å². The zero-order valence-electron chi connectivity index (χ0n) is 14.4. The fourth-order valence-electron chi connectivity index (χ4n) is 2.79. The van der Waals surface area contributed by atoms with Crippen LogP contribution in [0.2, 0.25) is 5.02 Å². The molecule has 0 bridgehead atoms. The van der Waals surface area contributed by atoms with Gasteiger partial charge in [-0.1, -0.05) is 48.0 Å². The Morgan fingerprint density at radius 3 is 2.59 bits per heavy atom. The van der Waals surface area contributed by atoms with Crippen molar-refractivity contribution >= 4 is 45.5 Å². The zero-order chi connectivity index (χ0) is 18.6. The fraction of sp³-hybridized carbons (Fsp3) is 0.0500. The first kappa shape index (κ1) is 17.1. The third-order valence-corrected chi connectivity index (χ3v) is 4.54. The molecular weight excluding hydrogens is 360 g/mol. The van der Waals surface area contributed by atoms with E-state index in [-0.39, 0.29) is 0 Å². The normalized spacial score (nSPS) is 10.7. The summed E-state index contributed by atoms with van der Waals surface area (Å²) in [6.45, 7) is 0.510. The summed E-state index contributed by atoms with van der Waals surface area (Å²) in [4.78, 5) is 13.0. The number of aromatic nitrogens is 3. The zero-order valence-corrected chi connectivity index (χ0v) is 15.1. The highest BCUT2D eigenvalue weighted by molar-refractivity contribution is 6.31. The average Bonchev–Trinajstić information content (AvgIpc) is 2.70. The van der Waals surface area contributed by atoms with Gasteiger partial charge in [0.2, 0.25) is 0 Å². The lowest BCUT2D eigenvalue weighted by atomic mass is 10.2. The van der Waals surface area contributed by atoms with Crippen LogP contribution in [0.15, 0.2) is 67.1 Å². The number of hydrogen-bond acceptors (Lipinski definition) is 6. The molecule has 4 aromatic rings. The summed E-state index contributed by atoms with van der Waals surface area (Å²) in [5, 5.41) is 8.20. The van der Waals surface area contributed by atoms with E-state index in [4.69, 9.17) is 17.3 Å². The van der Waals surface area contributed by atoms with Crippen molar-refractivity contribution in [1.82, 2.24) is 15.0 Å². The predicted molar refractivity (Wildman–Crippen MR) is 110 cm³/mol. The van der Waals surface area contributed by atoms with E-state index in [0.717, 1.165) is 22.2 Å². The first-order valence-corrected chi connectivity index (χ1v) is 8.78. The van der Waals surface area contributed by atoms with Crippen molar-refractivity contribution in [3.05, 3.63) is 77.7 Å². The van der Waals surface area contributed by atoms with Crippen LogP contribution >= 0.6 is 11.6 Å². The molecule has 0 aliphatic heterocycles. The van der Waals surface area contributed by atoms with Crippen molar-refractivity contribution < 1.29 is 0 Å². The van der Waals surface area contributed by atoms with E-state index in [1.165, 1.54) is 6.33 Å². The van der Waals surface area contributed by atoms with Gasteiger partial charge in [0.05, 0.1) is 11.2 Å². The molecule has 0 aliphatic carbocycles. The Morgan fingerprint density at radius 1 is 0.889 bits per heavy atom. The summed E-state index contributed by atoms with van der Waals surface area (Å²) in [5.74, 6) is 1.06. The Bertz CT molecular complexity index is 1090. The molecule has 2 aromatic carbocycles. The Labute approximate surface area is 161 Å². The number of nitrogens with two attached hydrogens (primary N) is 1. The molecule has 0 radical (unpaired) electrons. The fourth-order valence-corrected chi connectivity index (χ4v) is 2.99. The topological polar surface area (TPSA) is 88.8 Å². The number of rotatable bonds is 5. The second kappa shape index (κ2) is 7.47. The quantitative estimate of drug-likeness (QED) is 0.471. The van der Waals surface area contributed by atoms with Crippen LogP contribution < -0.4 is 16.4 Å². The lowest BCUT2D eigenvalue weighted by Crippen LogP contribution is -2.08. The lowest BCUT2D eigenvalue weighted by molar-refractivity contribution is 1.09. The van der Waals surface area contributed by atoms with Crippen molar-refractivity contribution in [2.45, 2.75) is 6.54 Å². The number of halogens is 1. The number of pyridine rings is 1. The number of anilines is 4. The molecule has 0 unspecified atom stereocenters. The van der Waals surface area contributed by atoms with E-state index in [2.05, 4.69) is 25.6 Å². The molecule has 2 aromatic heterocycles. The molecule has 4 rings (SSSR count). The van der Waals surface area contributed by atoms with E-state index in [1.54, 1.807) is 6.20 Å². The van der Waals surface area contributed by atoms with Crippen molar-refractivity contribution in [3.63, 3.8) is 0 Å². The Kier molecular flexibility index (Phi) is 4.72. The van der Waals surface area contributed by atoms with Crippen molar-refractivity contribution in [2.24, 2.45) is 0 Å². The van der Waals surface area contributed by atoms with Gasteiger partial charge in [-0.15, -0.1) is 0 Å². The molecule has 2 heterocycles. The maximum Gasteiger partial charge on any atom is 0.159 e. The Balaban J connectivity index is 1.59. The van der Waals surface area contributed by atoms with Gasteiger partial charge >= 0.3 is 0 Å². The SMILES string of the molecule is Nc1c(NCc2ccccc2Cl)ncnc1Nc1cccc2cccnc12. The number of nitrogens with one attached hydrogen (secondary N) is 2. The minimum absolute atomic E-state index is 0.428. The number of nitrogen functional groups attached to an aromatic ring is 1. The number of hydrogen-bond donors (Lipinski definition) is 3. The maximum absolute atomic E-state index is 6.27. The van der Waals surface area contributed by atoms with E-state index >= 15 is 0 Å². The number of para-hydroxylation sites is 1. The third-order valence-electron chi connectivity index (χ3n) is 4.17. The van der Waals surface area contributed by atoms with Gasteiger partial charge in [0.15, 0.2) is 11.6 Å². The molecule has 0 fully saturated rings. The second-order valence-electron chi connectivity index (χ2n) is 5.94. The highest BCUT2D eigenvalue weighted by Gasteiger charge is 2.10. The largest absolute Gasteiger partial charge is 0.393 e. The molecule has 27 heavy (non-hydrogen) atoms. The monoisotopic (exact) mass is 376 g/mol. The summed E-state index contributed by atoms with van der Waals surface area (Å²) >= 11 is 6.20. The van der Waals surface area contributed by atoms with E-state index in [9.17, 15) is 0 Å². The standard InChI is InChI=1S/C20H17ClN6/c21-15-8-2-1-5-14(15)11-24-19-17(22)20(26-12-25-19)27-16-9-3-6-13-7-4-10-23-18(13)16/h1-10,12H,11,22H2,(H2,24,25,26,27). The predicted octanol–water partition coefficient (Wildman–Crippen LogP) is 4.62. The van der Waals surface area contributed by atoms with Crippen LogP contribution in [0.25, 0.3) is 10.9 Å². The maximum atomic E-state index is 6.27. The van der Waals surface area contributed by atoms with Gasteiger partial charge in [0.1, 0.15) is 12.0 Å². The van der Waals surface area contributed by atoms with Crippen molar-refractivity contribution in [3.8, 4) is 0 Å². The summed E-state index contributed by atoms with van der Waals surface area (Å²) in [6, 6.07) is 17.4. The highest BCUT2D eigenvalue weighted by Crippen LogP contribution is 2.29. The van der Waals surface area contributed by atoms with Gasteiger partial charge in [-0.05, 0) is 23.8 Å². The smallest absolute Gasteiger partial charge is 0.159 e. The molecule has 7 heteroatoms. The van der Waals surface area contributed by atoms with Gasteiger partial charge in [-0.2, -0.15) is 0 Å². The molecule has 4 N–H and O–H groups in total. The molecule has 0 spiro atoms. The van der Waals surface area contributed by atoms with Crippen LogP contribution in [0.1, 0.15) is 5.56 Å². The van der Waals surface area contributed by atoms with Crippen LogP contribution in [0.4, 0.5) is 23.0 Å².